The van der Waals surface area contributed by atoms with Crippen molar-refractivity contribution >= 4 is 0 Å². The van der Waals surface area contributed by atoms with E-state index in [-0.39, 0.29) is 11.2 Å². The Hall–Kier alpha value is -1.74. The molecule has 4 rings (SSSR count). The number of hydrogen-bond acceptors (Lipinski definition) is 3. The Morgan fingerprint density at radius 1 is 0.657 bits per heavy atom. The average Bonchev–Trinajstić information content (AvgIpc) is 2.83. The van der Waals surface area contributed by atoms with Gasteiger partial charge >= 0.3 is 0 Å². The number of nitrogens with zero attached hydrogens (tertiary/aromatic N) is 2. The predicted molar refractivity (Wildman–Crippen MR) is 146 cm³/mol. The topological polar surface area (TPSA) is 35.0 Å². The first-order valence-corrected chi connectivity index (χ1v) is 14.3. The molecule has 3 nitrogen and oxygen atoms in total. The molecule has 2 aliphatic rings. The highest BCUT2D eigenvalue weighted by molar-refractivity contribution is 5.30. The molecule has 2 unspecified atom stereocenters. The number of ether oxygens (including phenoxy) is 1. The summed E-state index contributed by atoms with van der Waals surface area (Å²) in [4.78, 5) is 9.06. The van der Waals surface area contributed by atoms with Gasteiger partial charge in [-0.3, -0.25) is 9.97 Å². The summed E-state index contributed by atoms with van der Waals surface area (Å²) >= 11 is 0. The standard InChI is InChI=1S/C32H48N2O/c1-23(29-17-27(5)33-21-25(29)3)19-31(13-9-7-10-14-31)35-32(15-11-8-12-16-32)20-24(2)30-18-28(6)34-22-26(30)4/h17-18,21-24H,7-16,19-20H2,1-6H3. The maximum atomic E-state index is 7.60. The summed E-state index contributed by atoms with van der Waals surface area (Å²) in [7, 11) is 0. The molecule has 192 valence electrons. The van der Waals surface area contributed by atoms with Crippen molar-refractivity contribution in [1.82, 2.24) is 9.97 Å². The molecule has 2 aliphatic carbocycles. The fraction of sp³-hybridized carbons (Fsp3) is 0.688. The summed E-state index contributed by atoms with van der Waals surface area (Å²) in [5.74, 6) is 0.968. The van der Waals surface area contributed by atoms with Gasteiger partial charge in [0.05, 0.1) is 11.2 Å². The second-order valence-electron chi connectivity index (χ2n) is 12.2. The van der Waals surface area contributed by atoms with Crippen LogP contribution in [0.2, 0.25) is 0 Å². The van der Waals surface area contributed by atoms with Crippen molar-refractivity contribution in [3.63, 3.8) is 0 Å². The normalized spacial score (nSPS) is 21.4. The zero-order valence-corrected chi connectivity index (χ0v) is 23.3. The molecule has 2 atom stereocenters. The smallest absolute Gasteiger partial charge is 0.0695 e. The molecule has 2 aromatic rings. The number of pyridine rings is 2. The number of aryl methyl sites for hydroxylation is 4. The molecule has 0 saturated heterocycles. The number of aromatic nitrogens is 2. The van der Waals surface area contributed by atoms with E-state index in [9.17, 15) is 0 Å². The van der Waals surface area contributed by atoms with Gasteiger partial charge in [-0.05, 0) is 112 Å². The average molecular weight is 477 g/mol. The van der Waals surface area contributed by atoms with Crippen molar-refractivity contribution in [2.45, 2.75) is 142 Å². The third-order valence-corrected chi connectivity index (χ3v) is 8.94. The zero-order chi connectivity index (χ0) is 25.1. The Morgan fingerprint density at radius 3 is 1.40 bits per heavy atom. The fourth-order valence-electron chi connectivity index (χ4n) is 7.24. The van der Waals surface area contributed by atoms with Gasteiger partial charge in [0.25, 0.3) is 0 Å². The molecule has 0 spiro atoms. The van der Waals surface area contributed by atoms with Crippen molar-refractivity contribution < 1.29 is 4.74 Å². The zero-order valence-electron chi connectivity index (χ0n) is 23.3. The van der Waals surface area contributed by atoms with Crippen LogP contribution in [0.25, 0.3) is 0 Å². The fourth-order valence-corrected chi connectivity index (χ4v) is 7.24. The Kier molecular flexibility index (Phi) is 8.36. The maximum absolute atomic E-state index is 7.60. The lowest BCUT2D eigenvalue weighted by Crippen LogP contribution is -2.48. The Labute approximate surface area is 214 Å². The Bertz CT molecular complexity index is 906. The molecule has 0 N–H and O–H groups in total. The van der Waals surface area contributed by atoms with E-state index in [4.69, 9.17) is 4.74 Å². The Balaban J connectivity index is 1.61. The third kappa shape index (κ3) is 6.34. The number of hydrogen-bond donors (Lipinski definition) is 0. The molecule has 0 aliphatic heterocycles. The first kappa shape index (κ1) is 26.3. The van der Waals surface area contributed by atoms with Gasteiger partial charge in [0.2, 0.25) is 0 Å². The van der Waals surface area contributed by atoms with Gasteiger partial charge < -0.3 is 4.74 Å². The van der Waals surface area contributed by atoms with E-state index < -0.39 is 0 Å². The van der Waals surface area contributed by atoms with Gasteiger partial charge in [0.15, 0.2) is 0 Å². The van der Waals surface area contributed by atoms with Crippen LogP contribution in [-0.2, 0) is 4.74 Å². The van der Waals surface area contributed by atoms with E-state index in [0.717, 1.165) is 24.2 Å². The molecule has 2 saturated carbocycles. The molecule has 35 heavy (non-hydrogen) atoms. The molecule has 0 aromatic carbocycles. The molecular weight excluding hydrogens is 428 g/mol. The van der Waals surface area contributed by atoms with Gasteiger partial charge in [0, 0.05) is 23.8 Å². The van der Waals surface area contributed by atoms with Gasteiger partial charge in [-0.2, -0.15) is 0 Å². The van der Waals surface area contributed by atoms with E-state index in [2.05, 4.69) is 76.0 Å². The van der Waals surface area contributed by atoms with Crippen molar-refractivity contribution in [3.8, 4) is 0 Å². The summed E-state index contributed by atoms with van der Waals surface area (Å²) < 4.78 is 7.60. The summed E-state index contributed by atoms with van der Waals surface area (Å²) in [6, 6.07) is 4.62. The van der Waals surface area contributed by atoms with Crippen molar-refractivity contribution in [2.24, 2.45) is 0 Å². The van der Waals surface area contributed by atoms with Crippen molar-refractivity contribution in [3.05, 3.63) is 58.2 Å². The van der Waals surface area contributed by atoms with Crippen LogP contribution < -0.4 is 0 Å². The van der Waals surface area contributed by atoms with Crippen LogP contribution in [-0.4, -0.2) is 21.2 Å². The van der Waals surface area contributed by atoms with Gasteiger partial charge in [-0.15, -0.1) is 0 Å². The van der Waals surface area contributed by atoms with Crippen LogP contribution in [0.5, 0.6) is 0 Å². The van der Waals surface area contributed by atoms with Crippen LogP contribution in [0.1, 0.15) is 136 Å². The predicted octanol–water partition coefficient (Wildman–Crippen LogP) is 8.82. The highest BCUT2D eigenvalue weighted by atomic mass is 16.5. The van der Waals surface area contributed by atoms with E-state index in [0.29, 0.717) is 11.8 Å². The first-order chi connectivity index (χ1) is 16.7. The minimum absolute atomic E-state index is 0.00153. The molecule has 3 heteroatoms. The molecule has 2 heterocycles. The second-order valence-corrected chi connectivity index (χ2v) is 12.2. The highest BCUT2D eigenvalue weighted by Crippen LogP contribution is 2.48. The van der Waals surface area contributed by atoms with E-state index in [1.807, 2.05) is 0 Å². The monoisotopic (exact) mass is 476 g/mol. The molecule has 0 radical (unpaired) electrons. The summed E-state index contributed by atoms with van der Waals surface area (Å²) in [5.41, 5.74) is 7.80. The van der Waals surface area contributed by atoms with E-state index in [1.54, 1.807) is 0 Å². The summed E-state index contributed by atoms with van der Waals surface area (Å²) in [6.07, 6.45) is 19.1. The summed E-state index contributed by atoms with van der Waals surface area (Å²) in [6.45, 7) is 13.5. The lowest BCUT2D eigenvalue weighted by molar-refractivity contribution is -0.194. The van der Waals surface area contributed by atoms with Crippen LogP contribution in [0.4, 0.5) is 0 Å². The third-order valence-electron chi connectivity index (χ3n) is 8.94. The highest BCUT2D eigenvalue weighted by Gasteiger charge is 2.44. The summed E-state index contributed by atoms with van der Waals surface area (Å²) in [5, 5.41) is 0. The molecule has 0 amide bonds. The first-order valence-electron chi connectivity index (χ1n) is 14.3. The minimum atomic E-state index is 0.00153. The van der Waals surface area contributed by atoms with Crippen molar-refractivity contribution in [1.29, 1.82) is 0 Å². The van der Waals surface area contributed by atoms with Gasteiger partial charge in [0.1, 0.15) is 0 Å². The Morgan fingerprint density at radius 2 is 1.03 bits per heavy atom. The second kappa shape index (κ2) is 11.1. The quantitative estimate of drug-likeness (QED) is 0.382. The maximum Gasteiger partial charge on any atom is 0.0695 e. The minimum Gasteiger partial charge on any atom is -0.369 e. The molecule has 2 fully saturated rings. The molecule has 0 bridgehead atoms. The lowest BCUT2D eigenvalue weighted by atomic mass is 9.73. The molecular formula is C32H48N2O. The van der Waals surface area contributed by atoms with Crippen molar-refractivity contribution in [2.75, 3.05) is 0 Å². The molecule has 2 aromatic heterocycles. The van der Waals surface area contributed by atoms with Gasteiger partial charge in [-0.25, -0.2) is 0 Å². The van der Waals surface area contributed by atoms with Crippen LogP contribution in [0.15, 0.2) is 24.5 Å². The van der Waals surface area contributed by atoms with Crippen LogP contribution >= 0.6 is 0 Å². The van der Waals surface area contributed by atoms with E-state index >= 15 is 0 Å². The van der Waals surface area contributed by atoms with Crippen LogP contribution in [0.3, 0.4) is 0 Å². The SMILES string of the molecule is Cc1cc(C(C)CC2(OC3(CC(C)c4cc(C)ncc4C)CCCCC3)CCCCC2)c(C)cn1. The van der Waals surface area contributed by atoms with E-state index in [1.165, 1.54) is 86.5 Å². The lowest BCUT2D eigenvalue weighted by Gasteiger charge is -2.50. The number of rotatable bonds is 8. The largest absolute Gasteiger partial charge is 0.369 e. The van der Waals surface area contributed by atoms with Crippen LogP contribution in [0, 0.1) is 27.7 Å². The van der Waals surface area contributed by atoms with Gasteiger partial charge in [-0.1, -0.05) is 52.4 Å².